The minimum atomic E-state index is -0.328. The molecule has 2 aromatic carbocycles. The van der Waals surface area contributed by atoms with Gasteiger partial charge in [-0.25, -0.2) is 4.39 Å². The van der Waals surface area contributed by atoms with Gasteiger partial charge in [0.25, 0.3) is 0 Å². The Labute approximate surface area is 219 Å². The van der Waals surface area contributed by atoms with Crippen LogP contribution in [0.15, 0.2) is 58.8 Å². The maximum absolute atomic E-state index is 13.0. The van der Waals surface area contributed by atoms with E-state index in [9.17, 15) is 9.18 Å². The van der Waals surface area contributed by atoms with Gasteiger partial charge in [-0.1, -0.05) is 17.7 Å². The summed E-state index contributed by atoms with van der Waals surface area (Å²) in [5.74, 6) is 3.82. The molecule has 0 amide bonds. The lowest BCUT2D eigenvalue weighted by Gasteiger charge is -2.21. The Morgan fingerprint density at radius 1 is 1.00 bits per heavy atom. The Hall–Kier alpha value is -2.02. The molecule has 0 aliphatic heterocycles. The van der Waals surface area contributed by atoms with Gasteiger partial charge in [0, 0.05) is 0 Å². The van der Waals surface area contributed by atoms with Crippen LogP contribution in [0.4, 0.5) is 4.39 Å². The first-order valence-corrected chi connectivity index (χ1v) is 14.3. The summed E-state index contributed by atoms with van der Waals surface area (Å²) in [5, 5.41) is 0. The van der Waals surface area contributed by atoms with E-state index in [1.807, 2.05) is 23.9 Å². The molecule has 2 bridgehead atoms. The van der Waals surface area contributed by atoms with Crippen molar-refractivity contribution in [3.05, 3.63) is 75.9 Å². The monoisotopic (exact) mass is 530 g/mol. The highest BCUT2D eigenvalue weighted by Gasteiger charge is 2.38. The number of carbonyl (C=O) groups excluding carboxylic acids is 1. The lowest BCUT2D eigenvalue weighted by Crippen LogP contribution is -2.16. The zero-order valence-electron chi connectivity index (χ0n) is 19.4. The summed E-state index contributed by atoms with van der Waals surface area (Å²) in [6.45, 7) is 0.191. The molecule has 7 heteroatoms. The Morgan fingerprint density at radius 3 is 2.49 bits per heavy atom. The summed E-state index contributed by atoms with van der Waals surface area (Å²) in [5.41, 5.74) is 2.73. The Bertz CT molecular complexity index is 1160. The molecular formula is C28H28ClFO3S2. The van der Waals surface area contributed by atoms with Gasteiger partial charge in [-0.2, -0.15) is 0 Å². The van der Waals surface area contributed by atoms with Crippen molar-refractivity contribution in [2.24, 2.45) is 17.8 Å². The minimum Gasteiger partial charge on any atom is -0.493 e. The molecule has 2 aliphatic rings. The first-order chi connectivity index (χ1) is 17.0. The number of halogens is 2. The van der Waals surface area contributed by atoms with Crippen molar-refractivity contribution < 1.29 is 18.7 Å². The number of rotatable bonds is 9. The summed E-state index contributed by atoms with van der Waals surface area (Å²) in [6.07, 6.45) is 6.15. The average molecular weight is 531 g/mol. The Kier molecular flexibility index (Phi) is 8.01. The number of benzene rings is 2. The summed E-state index contributed by atoms with van der Waals surface area (Å²) >= 11 is 9.66. The number of esters is 1. The summed E-state index contributed by atoms with van der Waals surface area (Å²) in [4.78, 5) is 12.3. The number of hydrogen-bond acceptors (Lipinski definition) is 5. The molecule has 3 aromatic rings. The first-order valence-electron chi connectivity index (χ1n) is 12.1. The summed E-state index contributed by atoms with van der Waals surface area (Å²) < 4.78 is 26.3. The fourth-order valence-electron chi connectivity index (χ4n) is 5.48. The predicted octanol–water partition coefficient (Wildman–Crippen LogP) is 7.84. The van der Waals surface area contributed by atoms with Crippen molar-refractivity contribution >= 4 is 40.7 Å². The van der Waals surface area contributed by atoms with E-state index >= 15 is 0 Å². The maximum Gasteiger partial charge on any atom is 0.314 e. The highest BCUT2D eigenvalue weighted by atomic mass is 35.5. The SMILES string of the molecule is O=C(CCOc1ccc(F)cc1)Oc1ccc2c(c1)CC1CCC(C2)C1CCSc1ccc(Cl)s1. The molecule has 0 radical (unpaired) electrons. The molecule has 0 spiro atoms. The van der Waals surface area contributed by atoms with Gasteiger partial charge in [0.1, 0.15) is 17.3 Å². The van der Waals surface area contributed by atoms with Crippen molar-refractivity contribution in [2.75, 3.05) is 12.4 Å². The van der Waals surface area contributed by atoms with Gasteiger partial charge in [-0.3, -0.25) is 4.79 Å². The predicted molar refractivity (Wildman–Crippen MR) is 140 cm³/mol. The van der Waals surface area contributed by atoms with E-state index < -0.39 is 0 Å². The van der Waals surface area contributed by atoms with Crippen LogP contribution in [-0.2, 0) is 17.6 Å². The standard InChI is InChI=1S/C28H28ClFO3S2/c29-26-9-10-28(35-26)34-14-12-25-19-1-2-20(25)16-21-17-24(6-3-18(21)15-19)33-27(31)11-13-32-23-7-4-22(30)5-8-23/h3-10,17,19-20,25H,1-2,11-16H2. The van der Waals surface area contributed by atoms with Crippen molar-refractivity contribution in [3.8, 4) is 11.5 Å². The van der Waals surface area contributed by atoms with Crippen molar-refractivity contribution in [3.63, 3.8) is 0 Å². The molecule has 0 N–H and O–H groups in total. The van der Waals surface area contributed by atoms with Crippen molar-refractivity contribution in [2.45, 2.75) is 42.7 Å². The van der Waals surface area contributed by atoms with Crippen LogP contribution in [0.5, 0.6) is 11.5 Å². The Morgan fingerprint density at radius 2 is 1.74 bits per heavy atom. The second-order valence-electron chi connectivity index (χ2n) is 9.32. The van der Waals surface area contributed by atoms with Gasteiger partial charge < -0.3 is 9.47 Å². The number of carbonyl (C=O) groups is 1. The zero-order chi connectivity index (χ0) is 24.2. The zero-order valence-corrected chi connectivity index (χ0v) is 21.8. The summed E-state index contributed by atoms with van der Waals surface area (Å²) in [7, 11) is 0. The molecule has 0 saturated heterocycles. The molecule has 184 valence electrons. The number of fused-ring (bicyclic) bond motifs is 3. The summed E-state index contributed by atoms with van der Waals surface area (Å²) in [6, 6.07) is 16.0. The molecular weight excluding hydrogens is 503 g/mol. The third-order valence-corrected chi connectivity index (χ3v) is 9.62. The molecule has 2 aliphatic carbocycles. The van der Waals surface area contributed by atoms with Crippen LogP contribution < -0.4 is 9.47 Å². The number of ether oxygens (including phenoxy) is 2. The van der Waals surface area contributed by atoms with E-state index in [-0.39, 0.29) is 24.8 Å². The minimum absolute atomic E-state index is 0.133. The third kappa shape index (κ3) is 6.41. The van der Waals surface area contributed by atoms with Gasteiger partial charge in [-0.15, -0.1) is 23.1 Å². The van der Waals surface area contributed by atoms with E-state index in [1.54, 1.807) is 23.5 Å². The van der Waals surface area contributed by atoms with Gasteiger partial charge in [0.15, 0.2) is 0 Å². The van der Waals surface area contributed by atoms with Crippen LogP contribution in [0.25, 0.3) is 0 Å². The van der Waals surface area contributed by atoms with E-state index in [0.717, 1.165) is 34.8 Å². The topological polar surface area (TPSA) is 35.5 Å². The van der Waals surface area contributed by atoms with E-state index in [1.165, 1.54) is 46.7 Å². The molecule has 3 unspecified atom stereocenters. The van der Waals surface area contributed by atoms with Crippen LogP contribution in [0, 0.1) is 23.6 Å². The van der Waals surface area contributed by atoms with Crippen LogP contribution in [-0.4, -0.2) is 18.3 Å². The quantitative estimate of drug-likeness (QED) is 0.160. The molecule has 1 fully saturated rings. The van der Waals surface area contributed by atoms with Crippen LogP contribution in [0.1, 0.15) is 36.8 Å². The molecule has 3 atom stereocenters. The highest BCUT2D eigenvalue weighted by molar-refractivity contribution is 8.01. The lowest BCUT2D eigenvalue weighted by atomic mass is 9.85. The van der Waals surface area contributed by atoms with Crippen molar-refractivity contribution in [1.29, 1.82) is 0 Å². The fourth-order valence-corrected chi connectivity index (χ4v) is 7.90. The molecule has 1 saturated carbocycles. The number of thioether (sulfide) groups is 1. The van der Waals surface area contributed by atoms with E-state index in [0.29, 0.717) is 17.4 Å². The van der Waals surface area contributed by atoms with Gasteiger partial charge in [0.05, 0.1) is 21.6 Å². The van der Waals surface area contributed by atoms with Crippen LogP contribution in [0.2, 0.25) is 4.34 Å². The van der Waals surface area contributed by atoms with Crippen LogP contribution in [0.3, 0.4) is 0 Å². The second kappa shape index (κ2) is 11.4. The van der Waals surface area contributed by atoms with Crippen molar-refractivity contribution in [1.82, 2.24) is 0 Å². The van der Waals surface area contributed by atoms with Gasteiger partial charge in [0.2, 0.25) is 0 Å². The first kappa shape index (κ1) is 24.7. The third-order valence-electron chi connectivity index (χ3n) is 7.13. The van der Waals surface area contributed by atoms with Gasteiger partial charge >= 0.3 is 5.97 Å². The fraction of sp³-hybridized carbons (Fsp3) is 0.393. The molecule has 1 heterocycles. The van der Waals surface area contributed by atoms with E-state index in [2.05, 4.69) is 18.2 Å². The van der Waals surface area contributed by atoms with E-state index in [4.69, 9.17) is 21.1 Å². The van der Waals surface area contributed by atoms with Crippen LogP contribution >= 0.6 is 34.7 Å². The molecule has 35 heavy (non-hydrogen) atoms. The molecule has 1 aromatic heterocycles. The largest absolute Gasteiger partial charge is 0.493 e. The second-order valence-corrected chi connectivity index (χ2v) is 12.4. The Balaban J connectivity index is 1.13. The van der Waals surface area contributed by atoms with Gasteiger partial charge in [-0.05, 0) is 115 Å². The lowest BCUT2D eigenvalue weighted by molar-refractivity contribution is -0.134. The highest BCUT2D eigenvalue weighted by Crippen LogP contribution is 2.47. The number of hydrogen-bond donors (Lipinski definition) is 0. The average Bonchev–Trinajstić information content (AvgIpc) is 3.37. The molecule has 3 nitrogen and oxygen atoms in total. The molecule has 5 rings (SSSR count). The smallest absolute Gasteiger partial charge is 0.314 e. The normalized spacial score (nSPS) is 20.8. The number of thiophene rings is 1. The maximum atomic E-state index is 13.0.